The summed E-state index contributed by atoms with van der Waals surface area (Å²) < 4.78 is 18.3. The number of hydrogen-bond acceptors (Lipinski definition) is 7. The molecular weight excluding hydrogens is 751 g/mol. The monoisotopic (exact) mass is 785 g/mol. The number of nitrogens with zero attached hydrogens (tertiary/aromatic N) is 1. The summed E-state index contributed by atoms with van der Waals surface area (Å²) in [6.45, 7) is 2.00. The molecule has 0 bridgehead atoms. The van der Waals surface area contributed by atoms with Crippen LogP contribution in [0.1, 0.15) is 43.7 Å². The summed E-state index contributed by atoms with van der Waals surface area (Å²) in [7, 11) is 0. The molecule has 0 radical (unpaired) electrons. The van der Waals surface area contributed by atoms with Crippen LogP contribution in [0, 0.1) is 18.8 Å². The molecule has 0 amide bonds. The van der Waals surface area contributed by atoms with Crippen molar-refractivity contribution in [1.29, 1.82) is 0 Å². The average molecular weight is 786 g/mol. The number of aromatic amines is 2. The first-order chi connectivity index (χ1) is 29.3. The zero-order chi connectivity index (χ0) is 41.3. The van der Waals surface area contributed by atoms with Crippen molar-refractivity contribution in [1.82, 2.24) is 9.97 Å². The molecule has 0 spiro atoms. The van der Waals surface area contributed by atoms with E-state index in [4.69, 9.17) is 14.2 Å². The smallest absolute Gasteiger partial charge is 0.325 e. The van der Waals surface area contributed by atoms with Crippen molar-refractivity contribution in [2.24, 2.45) is 4.99 Å². The highest BCUT2D eigenvalue weighted by molar-refractivity contribution is 6.14. The van der Waals surface area contributed by atoms with Gasteiger partial charge in [0.05, 0.1) is 5.71 Å². The van der Waals surface area contributed by atoms with Crippen LogP contribution in [0.4, 0.5) is 5.69 Å². The van der Waals surface area contributed by atoms with E-state index in [1.807, 2.05) is 128 Å². The molecule has 1 heterocycles. The molecule has 7 aromatic carbocycles. The molecule has 8 rings (SSSR count). The zero-order valence-electron chi connectivity index (χ0n) is 32.2. The Morgan fingerprint density at radius 3 is 1.48 bits per heavy atom. The fourth-order valence-corrected chi connectivity index (χ4v) is 6.16. The van der Waals surface area contributed by atoms with E-state index >= 15 is 0 Å². The number of aromatic nitrogens is 2. The normalized spacial score (nSPS) is 10.9. The Bertz CT molecular complexity index is 3000. The molecule has 0 saturated carbocycles. The Labute approximate surface area is 345 Å². The van der Waals surface area contributed by atoms with Gasteiger partial charge in [0.25, 0.3) is 5.56 Å². The van der Waals surface area contributed by atoms with Gasteiger partial charge >= 0.3 is 5.69 Å². The van der Waals surface area contributed by atoms with Crippen LogP contribution >= 0.6 is 0 Å². The lowest BCUT2D eigenvalue weighted by Crippen LogP contribution is -2.21. The number of benzene rings is 7. The maximum Gasteiger partial charge on any atom is 0.325 e. The Hall–Kier alpha value is -8.48. The number of nitrogens with one attached hydrogen (secondary N) is 2. The highest BCUT2D eigenvalue weighted by Gasteiger charge is 2.13. The third-order valence-corrected chi connectivity index (χ3v) is 9.18. The number of carbonyl (C=O) groups excluding carboxylic acids is 1. The quantitative estimate of drug-likeness (QED) is 0.0765. The van der Waals surface area contributed by atoms with Gasteiger partial charge in [0.2, 0.25) is 0 Å². The van der Waals surface area contributed by atoms with Crippen LogP contribution in [0.3, 0.4) is 0 Å². The number of rotatable bonds is 11. The van der Waals surface area contributed by atoms with Gasteiger partial charge in [-0.05, 0) is 146 Å². The standard InChI is InChI=1S/C51H35N3O6/c1-34-7-5-10-44(31-34)58-41-25-19-37(20-26-41)48(53-47-33-52-51(57)54-50(47)56)38-21-27-42(28-22-38)59-45-11-6-12-46(32-45)60-43-29-23-40(24-30-43)49(55)39-17-15-36(16-18-39)14-13-35-8-3-2-4-9-35/h2-12,15-33H,1H3,(H2,52,54,56,57). The molecule has 0 aliphatic carbocycles. The summed E-state index contributed by atoms with van der Waals surface area (Å²) in [5.41, 5.74) is 4.65. The van der Waals surface area contributed by atoms with Crippen LogP contribution in [-0.2, 0) is 0 Å². The maximum absolute atomic E-state index is 13.2. The van der Waals surface area contributed by atoms with Crippen LogP contribution in [0.5, 0.6) is 34.5 Å². The highest BCUT2D eigenvalue weighted by atomic mass is 16.5. The average Bonchev–Trinajstić information content (AvgIpc) is 3.27. The number of hydrogen-bond donors (Lipinski definition) is 2. The minimum Gasteiger partial charge on any atom is -0.457 e. The molecule has 8 aromatic rings. The maximum atomic E-state index is 13.2. The van der Waals surface area contributed by atoms with Crippen LogP contribution in [0.15, 0.2) is 197 Å². The summed E-state index contributed by atoms with van der Waals surface area (Å²) in [4.78, 5) is 46.9. The van der Waals surface area contributed by atoms with E-state index in [0.717, 1.165) is 22.4 Å². The molecular formula is C51H35N3O6. The highest BCUT2D eigenvalue weighted by Crippen LogP contribution is 2.30. The third kappa shape index (κ3) is 9.72. The van der Waals surface area contributed by atoms with Crippen molar-refractivity contribution in [3.05, 3.63) is 242 Å². The summed E-state index contributed by atoms with van der Waals surface area (Å²) >= 11 is 0. The topological polar surface area (TPSA) is 123 Å². The van der Waals surface area contributed by atoms with Gasteiger partial charge in [0.1, 0.15) is 40.2 Å². The molecule has 0 saturated heterocycles. The van der Waals surface area contributed by atoms with E-state index in [0.29, 0.717) is 56.7 Å². The van der Waals surface area contributed by atoms with Gasteiger partial charge in [-0.2, -0.15) is 0 Å². The number of aryl methyl sites for hydroxylation is 1. The summed E-state index contributed by atoms with van der Waals surface area (Å²) in [6, 6.07) is 53.6. The molecule has 290 valence electrons. The van der Waals surface area contributed by atoms with Gasteiger partial charge in [0, 0.05) is 45.6 Å². The first-order valence-electron chi connectivity index (χ1n) is 19.0. The van der Waals surface area contributed by atoms with E-state index in [1.165, 1.54) is 6.20 Å². The number of H-pyrrole nitrogens is 2. The molecule has 0 unspecified atom stereocenters. The second-order valence-electron chi connectivity index (χ2n) is 13.6. The Kier molecular flexibility index (Phi) is 11.4. The number of ketones is 1. The van der Waals surface area contributed by atoms with Gasteiger partial charge in [-0.25, -0.2) is 9.79 Å². The lowest BCUT2D eigenvalue weighted by atomic mass is 10.0. The minimum absolute atomic E-state index is 0.0406. The second-order valence-corrected chi connectivity index (χ2v) is 13.6. The minimum atomic E-state index is -0.622. The summed E-state index contributed by atoms with van der Waals surface area (Å²) in [6.07, 6.45) is 1.28. The van der Waals surface area contributed by atoms with E-state index in [1.54, 1.807) is 54.6 Å². The summed E-state index contributed by atoms with van der Waals surface area (Å²) in [5, 5.41) is 0. The van der Waals surface area contributed by atoms with Gasteiger partial charge in [-0.3, -0.25) is 14.6 Å². The van der Waals surface area contributed by atoms with Crippen LogP contribution in [-0.4, -0.2) is 21.5 Å². The van der Waals surface area contributed by atoms with Crippen molar-refractivity contribution in [2.45, 2.75) is 6.92 Å². The molecule has 0 aliphatic rings. The van der Waals surface area contributed by atoms with Crippen molar-refractivity contribution in [3.8, 4) is 46.3 Å². The predicted molar refractivity (Wildman–Crippen MR) is 232 cm³/mol. The molecule has 0 aliphatic heterocycles. The van der Waals surface area contributed by atoms with E-state index in [2.05, 4.69) is 26.8 Å². The largest absolute Gasteiger partial charge is 0.457 e. The molecule has 9 nitrogen and oxygen atoms in total. The van der Waals surface area contributed by atoms with Crippen LogP contribution in [0.25, 0.3) is 0 Å². The number of ether oxygens (including phenoxy) is 3. The van der Waals surface area contributed by atoms with Gasteiger partial charge in [0.15, 0.2) is 5.78 Å². The molecule has 60 heavy (non-hydrogen) atoms. The van der Waals surface area contributed by atoms with Crippen LogP contribution < -0.4 is 25.5 Å². The van der Waals surface area contributed by atoms with Gasteiger partial charge in [-0.1, -0.05) is 48.2 Å². The van der Waals surface area contributed by atoms with Crippen molar-refractivity contribution >= 4 is 17.2 Å². The lowest BCUT2D eigenvalue weighted by molar-refractivity contribution is 0.103. The Balaban J connectivity index is 0.939. The van der Waals surface area contributed by atoms with E-state index < -0.39 is 11.2 Å². The number of aliphatic imine (C=N–C) groups is 1. The number of carbonyl (C=O) groups is 1. The molecule has 9 heteroatoms. The van der Waals surface area contributed by atoms with Gasteiger partial charge in [-0.15, -0.1) is 0 Å². The van der Waals surface area contributed by atoms with Gasteiger partial charge < -0.3 is 19.2 Å². The van der Waals surface area contributed by atoms with E-state index in [-0.39, 0.29) is 11.5 Å². The summed E-state index contributed by atoms with van der Waals surface area (Å²) in [5.74, 6) is 9.72. The SMILES string of the molecule is Cc1cccc(Oc2ccc(C(=Nc3c[nH]c(=O)[nH]c3=O)c3ccc(Oc4cccc(Oc5ccc(C(=O)c6ccc(C#Cc7ccccc7)cc6)cc5)c4)cc3)cc2)c1. The van der Waals surface area contributed by atoms with Crippen molar-refractivity contribution in [2.75, 3.05) is 0 Å². The first-order valence-corrected chi connectivity index (χ1v) is 19.0. The predicted octanol–water partition coefficient (Wildman–Crippen LogP) is 10.5. The second kappa shape index (κ2) is 17.8. The molecule has 1 aromatic heterocycles. The molecule has 2 N–H and O–H groups in total. The fraction of sp³-hybridized carbons (Fsp3) is 0.0196. The Morgan fingerprint density at radius 1 is 0.500 bits per heavy atom. The van der Waals surface area contributed by atoms with Crippen LogP contribution in [0.2, 0.25) is 0 Å². The van der Waals surface area contributed by atoms with Crippen molar-refractivity contribution in [3.63, 3.8) is 0 Å². The molecule has 0 fully saturated rings. The Morgan fingerprint density at radius 2 is 0.967 bits per heavy atom. The third-order valence-electron chi connectivity index (χ3n) is 9.18. The van der Waals surface area contributed by atoms with E-state index in [9.17, 15) is 14.4 Å². The fourth-order valence-electron chi connectivity index (χ4n) is 6.16. The first kappa shape index (κ1) is 38.4. The lowest BCUT2D eigenvalue weighted by Gasteiger charge is -2.12. The zero-order valence-corrected chi connectivity index (χ0v) is 32.2. The molecule has 0 atom stereocenters. The van der Waals surface area contributed by atoms with Crippen molar-refractivity contribution < 1.29 is 19.0 Å².